The van der Waals surface area contributed by atoms with Crippen LogP contribution in [0, 0.1) is 0 Å². The lowest BCUT2D eigenvalue weighted by Crippen LogP contribution is -2.20. The maximum atomic E-state index is 9.49. The van der Waals surface area contributed by atoms with Crippen LogP contribution in [0.1, 0.15) is 11.1 Å². The third-order valence-corrected chi connectivity index (χ3v) is 2.87. The molecule has 76 valence electrons. The fraction of sp³-hybridized carbons (Fsp3) is 0.455. The molecule has 14 heavy (non-hydrogen) atoms. The highest BCUT2D eigenvalue weighted by Gasteiger charge is 2.12. The Kier molecular flexibility index (Phi) is 2.33. The minimum absolute atomic E-state index is 0.216. The predicted octanol–water partition coefficient (Wildman–Crippen LogP) is 1.00. The summed E-state index contributed by atoms with van der Waals surface area (Å²) in [5, 5.41) is 9.49. The molecule has 0 aliphatic carbocycles. The molecule has 0 saturated carbocycles. The fourth-order valence-corrected chi connectivity index (χ4v) is 1.90. The molecule has 0 radical (unpaired) electrons. The second kappa shape index (κ2) is 3.50. The first-order valence-electron chi connectivity index (χ1n) is 4.95. The molecule has 0 unspecified atom stereocenters. The summed E-state index contributed by atoms with van der Waals surface area (Å²) in [6, 6.07) is 3.72. The van der Waals surface area contributed by atoms with E-state index < -0.39 is 0 Å². The van der Waals surface area contributed by atoms with Gasteiger partial charge >= 0.3 is 0 Å². The van der Waals surface area contributed by atoms with Crippen LogP contribution < -0.4 is 5.73 Å². The summed E-state index contributed by atoms with van der Waals surface area (Å²) in [6.45, 7) is 2.12. The van der Waals surface area contributed by atoms with Crippen LogP contribution in [0.25, 0.3) is 0 Å². The lowest BCUT2D eigenvalue weighted by atomic mass is 10.0. The Bertz CT molecular complexity index is 316. The van der Waals surface area contributed by atoms with E-state index in [-0.39, 0.29) is 5.75 Å². The first-order chi connectivity index (χ1) is 6.66. The quantitative estimate of drug-likeness (QED) is 0.476. The summed E-state index contributed by atoms with van der Waals surface area (Å²) in [5.74, 6) is 0.216. The average Bonchev–Trinajstić information content (AvgIpc) is 2.31. The van der Waals surface area contributed by atoms with Gasteiger partial charge in [0.2, 0.25) is 0 Å². The number of hydrogen-bond donors (Lipinski definition) is 2. The molecule has 1 heterocycles. The molecular formula is C11H16N2O. The predicted molar refractivity (Wildman–Crippen MR) is 57.4 cm³/mol. The van der Waals surface area contributed by atoms with Gasteiger partial charge in [-0.1, -0.05) is 0 Å². The maximum Gasteiger partial charge on any atom is 0.138 e. The molecule has 0 aromatic heterocycles. The monoisotopic (exact) mass is 192 g/mol. The zero-order valence-corrected chi connectivity index (χ0v) is 8.45. The summed E-state index contributed by atoms with van der Waals surface area (Å²) in [5.41, 5.74) is 8.68. The normalized spacial score (nSPS) is 17.5. The second-order valence-electron chi connectivity index (χ2n) is 3.98. The van der Waals surface area contributed by atoms with Crippen LogP contribution in [0.2, 0.25) is 0 Å². The number of likely N-dealkylation sites (N-methyl/N-ethyl adjacent to an activating group) is 1. The van der Waals surface area contributed by atoms with Gasteiger partial charge in [0.15, 0.2) is 0 Å². The molecular weight excluding hydrogens is 176 g/mol. The highest BCUT2D eigenvalue weighted by Crippen LogP contribution is 2.26. The topological polar surface area (TPSA) is 49.5 Å². The molecule has 0 bridgehead atoms. The number of benzene rings is 1. The number of nitrogens with two attached hydrogens (primary N) is 1. The van der Waals surface area contributed by atoms with Crippen molar-refractivity contribution < 1.29 is 5.11 Å². The maximum absolute atomic E-state index is 9.49. The molecule has 0 spiro atoms. The summed E-state index contributed by atoms with van der Waals surface area (Å²) < 4.78 is 0. The zero-order valence-electron chi connectivity index (χ0n) is 8.45. The molecule has 3 heteroatoms. The smallest absolute Gasteiger partial charge is 0.138 e. The van der Waals surface area contributed by atoms with Crippen LogP contribution in [-0.2, 0) is 12.8 Å². The highest BCUT2D eigenvalue weighted by molar-refractivity contribution is 5.56. The molecule has 1 aromatic carbocycles. The Morgan fingerprint density at radius 3 is 2.43 bits per heavy atom. The lowest BCUT2D eigenvalue weighted by molar-refractivity contribution is 0.352. The SMILES string of the molecule is CN1CCc2cc(N)c(O)cc2CC1. The number of hydrogen-bond acceptors (Lipinski definition) is 3. The fourth-order valence-electron chi connectivity index (χ4n) is 1.90. The zero-order chi connectivity index (χ0) is 10.1. The van der Waals surface area contributed by atoms with Crippen molar-refractivity contribution in [3.05, 3.63) is 23.3 Å². The van der Waals surface area contributed by atoms with Crippen molar-refractivity contribution in [2.45, 2.75) is 12.8 Å². The van der Waals surface area contributed by atoms with Gasteiger partial charge in [-0.25, -0.2) is 0 Å². The number of aromatic hydroxyl groups is 1. The van der Waals surface area contributed by atoms with Gasteiger partial charge in [0.1, 0.15) is 5.75 Å². The molecule has 1 aliphatic heterocycles. The Hall–Kier alpha value is -1.22. The van der Waals surface area contributed by atoms with E-state index in [0.717, 1.165) is 25.9 Å². The Morgan fingerprint density at radius 1 is 1.21 bits per heavy atom. The Balaban J connectivity index is 2.36. The van der Waals surface area contributed by atoms with Crippen molar-refractivity contribution in [2.75, 3.05) is 25.9 Å². The van der Waals surface area contributed by atoms with Gasteiger partial charge in [-0.05, 0) is 43.1 Å². The van der Waals surface area contributed by atoms with E-state index in [9.17, 15) is 5.11 Å². The van der Waals surface area contributed by atoms with Gasteiger partial charge in [0.25, 0.3) is 0 Å². The summed E-state index contributed by atoms with van der Waals surface area (Å²) in [4.78, 5) is 2.30. The Labute approximate surface area is 84.1 Å². The minimum Gasteiger partial charge on any atom is -0.506 e. The van der Waals surface area contributed by atoms with Crippen molar-refractivity contribution in [3.63, 3.8) is 0 Å². The second-order valence-corrected chi connectivity index (χ2v) is 3.98. The van der Waals surface area contributed by atoms with E-state index in [4.69, 9.17) is 5.73 Å². The molecule has 1 aromatic rings. The van der Waals surface area contributed by atoms with E-state index in [1.165, 1.54) is 11.1 Å². The molecule has 3 nitrogen and oxygen atoms in total. The van der Waals surface area contributed by atoms with Gasteiger partial charge in [-0.2, -0.15) is 0 Å². The van der Waals surface area contributed by atoms with Crippen molar-refractivity contribution in [1.29, 1.82) is 0 Å². The van der Waals surface area contributed by atoms with E-state index in [1.807, 2.05) is 12.1 Å². The largest absolute Gasteiger partial charge is 0.506 e. The Morgan fingerprint density at radius 2 is 1.79 bits per heavy atom. The van der Waals surface area contributed by atoms with Crippen molar-refractivity contribution in [1.82, 2.24) is 4.90 Å². The van der Waals surface area contributed by atoms with E-state index in [2.05, 4.69) is 11.9 Å². The standard InChI is InChI=1S/C11H16N2O/c1-13-4-2-8-6-10(12)11(14)7-9(8)3-5-13/h6-7,14H,2-5,12H2,1H3. The first kappa shape index (κ1) is 9.34. The van der Waals surface area contributed by atoms with Crippen LogP contribution in [0.5, 0.6) is 5.75 Å². The van der Waals surface area contributed by atoms with E-state index in [0.29, 0.717) is 5.69 Å². The average molecular weight is 192 g/mol. The number of phenolic OH excluding ortho intramolecular Hbond substituents is 1. The highest BCUT2D eigenvalue weighted by atomic mass is 16.3. The van der Waals surface area contributed by atoms with Gasteiger partial charge < -0.3 is 15.7 Å². The van der Waals surface area contributed by atoms with Gasteiger partial charge in [0, 0.05) is 13.1 Å². The number of phenols is 1. The number of rotatable bonds is 0. The molecule has 0 fully saturated rings. The third-order valence-electron chi connectivity index (χ3n) is 2.87. The molecule has 0 atom stereocenters. The number of nitrogens with zero attached hydrogens (tertiary/aromatic N) is 1. The van der Waals surface area contributed by atoms with Crippen LogP contribution in [0.15, 0.2) is 12.1 Å². The summed E-state index contributed by atoms with van der Waals surface area (Å²) in [7, 11) is 2.12. The molecule has 1 aliphatic rings. The van der Waals surface area contributed by atoms with E-state index in [1.54, 1.807) is 0 Å². The summed E-state index contributed by atoms with van der Waals surface area (Å²) in [6.07, 6.45) is 2.02. The minimum atomic E-state index is 0.216. The van der Waals surface area contributed by atoms with Gasteiger partial charge in [-0.15, -0.1) is 0 Å². The first-order valence-corrected chi connectivity index (χ1v) is 4.95. The summed E-state index contributed by atoms with van der Waals surface area (Å²) >= 11 is 0. The lowest BCUT2D eigenvalue weighted by Gasteiger charge is -2.10. The molecule has 3 N–H and O–H groups in total. The van der Waals surface area contributed by atoms with Crippen LogP contribution in [0.4, 0.5) is 5.69 Å². The van der Waals surface area contributed by atoms with Crippen molar-refractivity contribution in [2.24, 2.45) is 0 Å². The van der Waals surface area contributed by atoms with Gasteiger partial charge in [0.05, 0.1) is 5.69 Å². The van der Waals surface area contributed by atoms with Crippen molar-refractivity contribution >= 4 is 5.69 Å². The van der Waals surface area contributed by atoms with Crippen LogP contribution >= 0.6 is 0 Å². The third kappa shape index (κ3) is 1.68. The number of anilines is 1. The van der Waals surface area contributed by atoms with Crippen LogP contribution in [0.3, 0.4) is 0 Å². The molecule has 2 rings (SSSR count). The number of fused-ring (bicyclic) bond motifs is 1. The van der Waals surface area contributed by atoms with Crippen molar-refractivity contribution in [3.8, 4) is 5.75 Å². The van der Waals surface area contributed by atoms with E-state index >= 15 is 0 Å². The van der Waals surface area contributed by atoms with Crippen LogP contribution in [-0.4, -0.2) is 30.1 Å². The number of nitrogen functional groups attached to an aromatic ring is 1. The molecule has 0 amide bonds. The van der Waals surface area contributed by atoms with Gasteiger partial charge in [-0.3, -0.25) is 0 Å². The molecule has 0 saturated heterocycles.